The third-order valence-corrected chi connectivity index (χ3v) is 3.64. The predicted octanol–water partition coefficient (Wildman–Crippen LogP) is 2.40. The number of aryl methyl sites for hydroxylation is 2. The number of nitrogen functional groups attached to an aromatic ring is 1. The van der Waals surface area contributed by atoms with Gasteiger partial charge in [-0.05, 0) is 25.1 Å². The Labute approximate surface area is 122 Å². The number of rotatable bonds is 4. The van der Waals surface area contributed by atoms with Crippen LogP contribution in [0, 0.1) is 6.92 Å². The molecule has 106 valence electrons. The highest BCUT2D eigenvalue weighted by Crippen LogP contribution is 2.24. The van der Waals surface area contributed by atoms with Gasteiger partial charge in [0, 0.05) is 18.3 Å². The maximum atomic E-state index is 12.4. The summed E-state index contributed by atoms with van der Waals surface area (Å²) in [5.41, 5.74) is 8.08. The lowest BCUT2D eigenvalue weighted by Crippen LogP contribution is -2.10. The van der Waals surface area contributed by atoms with Gasteiger partial charge >= 0.3 is 0 Å². The minimum absolute atomic E-state index is 0.119. The summed E-state index contributed by atoms with van der Waals surface area (Å²) in [7, 11) is 3.30. The maximum Gasteiger partial charge on any atom is 0.171 e. The summed E-state index contributed by atoms with van der Waals surface area (Å²) in [6.07, 6.45) is 0.146. The van der Waals surface area contributed by atoms with Crippen molar-refractivity contribution in [2.45, 2.75) is 13.3 Å². The van der Waals surface area contributed by atoms with E-state index in [1.807, 2.05) is 0 Å². The zero-order chi connectivity index (χ0) is 14.9. The number of carbonyl (C=O) groups is 1. The number of Topliss-reactive ketones (excluding diaryl/α,β-unsaturated/α-hetero) is 1. The van der Waals surface area contributed by atoms with Crippen molar-refractivity contribution in [3.63, 3.8) is 0 Å². The van der Waals surface area contributed by atoms with Gasteiger partial charge in [-0.15, -0.1) is 0 Å². The average molecular weight is 294 g/mol. The number of anilines is 1. The molecule has 0 atom stereocenters. The van der Waals surface area contributed by atoms with Crippen LogP contribution in [0.1, 0.15) is 21.7 Å². The van der Waals surface area contributed by atoms with Crippen molar-refractivity contribution in [1.82, 2.24) is 9.78 Å². The fourth-order valence-corrected chi connectivity index (χ4v) is 2.25. The first-order chi connectivity index (χ1) is 9.43. The van der Waals surface area contributed by atoms with E-state index in [9.17, 15) is 4.79 Å². The molecule has 1 aromatic carbocycles. The third kappa shape index (κ3) is 2.63. The van der Waals surface area contributed by atoms with Gasteiger partial charge in [-0.1, -0.05) is 11.6 Å². The number of benzene rings is 1. The molecule has 0 radical (unpaired) electrons. The molecule has 2 rings (SSSR count). The molecule has 2 aromatic rings. The molecule has 0 aliphatic carbocycles. The van der Waals surface area contributed by atoms with E-state index in [0.717, 1.165) is 0 Å². The highest BCUT2D eigenvalue weighted by Gasteiger charge is 2.18. The van der Waals surface area contributed by atoms with Gasteiger partial charge in [-0.25, -0.2) is 0 Å². The van der Waals surface area contributed by atoms with E-state index in [2.05, 4.69) is 5.10 Å². The molecule has 6 heteroatoms. The van der Waals surface area contributed by atoms with Crippen molar-refractivity contribution in [3.05, 3.63) is 40.2 Å². The van der Waals surface area contributed by atoms with Crippen LogP contribution in [0.3, 0.4) is 0 Å². The minimum atomic E-state index is -0.119. The highest BCUT2D eigenvalue weighted by atomic mass is 35.5. The molecule has 0 bridgehead atoms. The number of carbonyl (C=O) groups excluding carboxylic acids is 1. The van der Waals surface area contributed by atoms with Gasteiger partial charge in [0.1, 0.15) is 5.75 Å². The third-order valence-electron chi connectivity index (χ3n) is 3.15. The Morgan fingerprint density at radius 2 is 2.20 bits per heavy atom. The van der Waals surface area contributed by atoms with E-state index < -0.39 is 0 Å². The quantitative estimate of drug-likeness (QED) is 0.694. The van der Waals surface area contributed by atoms with Crippen LogP contribution in [0.5, 0.6) is 5.75 Å². The number of hydrogen-bond acceptors (Lipinski definition) is 4. The zero-order valence-corrected chi connectivity index (χ0v) is 12.4. The monoisotopic (exact) mass is 293 g/mol. The summed E-state index contributed by atoms with van der Waals surface area (Å²) >= 11 is 6.15. The smallest absolute Gasteiger partial charge is 0.171 e. The number of nitrogens with two attached hydrogens (primary N) is 1. The summed E-state index contributed by atoms with van der Waals surface area (Å²) < 4.78 is 6.73. The number of nitrogens with zero attached hydrogens (tertiary/aromatic N) is 2. The second-order valence-electron chi connectivity index (χ2n) is 4.52. The zero-order valence-electron chi connectivity index (χ0n) is 11.6. The highest BCUT2D eigenvalue weighted by molar-refractivity contribution is 6.32. The van der Waals surface area contributed by atoms with Gasteiger partial charge in [-0.2, -0.15) is 5.10 Å². The molecule has 0 spiro atoms. The summed E-state index contributed by atoms with van der Waals surface area (Å²) in [5.74, 6) is 0.473. The molecule has 2 N–H and O–H groups in total. The van der Waals surface area contributed by atoms with Gasteiger partial charge in [0.05, 0.1) is 29.9 Å². The second-order valence-corrected chi connectivity index (χ2v) is 4.90. The Morgan fingerprint density at radius 1 is 1.50 bits per heavy atom. The van der Waals surface area contributed by atoms with E-state index in [1.165, 1.54) is 0 Å². The van der Waals surface area contributed by atoms with E-state index in [4.69, 9.17) is 22.1 Å². The predicted molar refractivity (Wildman–Crippen MR) is 78.4 cm³/mol. The van der Waals surface area contributed by atoms with Crippen LogP contribution in [-0.4, -0.2) is 22.7 Å². The lowest BCUT2D eigenvalue weighted by Gasteiger charge is -2.08. The number of hydrogen-bond donors (Lipinski definition) is 1. The molecule has 1 aromatic heterocycles. The van der Waals surface area contributed by atoms with Crippen LogP contribution in [0.15, 0.2) is 18.2 Å². The SMILES string of the molecule is COc1ccc(N)c(C(=O)Cc2c(Cl)c(C)nn2C)c1. The second kappa shape index (κ2) is 5.54. The van der Waals surface area contributed by atoms with Crippen LogP contribution in [0.25, 0.3) is 0 Å². The first kappa shape index (κ1) is 14.4. The Kier molecular flexibility index (Phi) is 3.99. The minimum Gasteiger partial charge on any atom is -0.497 e. The van der Waals surface area contributed by atoms with E-state index in [-0.39, 0.29) is 12.2 Å². The molecule has 1 heterocycles. The molecular formula is C14H16ClN3O2. The summed E-state index contributed by atoms with van der Waals surface area (Å²) in [6, 6.07) is 5.00. The van der Waals surface area contributed by atoms with Gasteiger partial charge in [0.15, 0.2) is 5.78 Å². The number of ketones is 1. The molecule has 20 heavy (non-hydrogen) atoms. The maximum absolute atomic E-state index is 12.4. The van der Waals surface area contributed by atoms with Gasteiger partial charge in [0.2, 0.25) is 0 Å². The van der Waals surface area contributed by atoms with Crippen molar-refractivity contribution in [3.8, 4) is 5.75 Å². The Morgan fingerprint density at radius 3 is 2.75 bits per heavy atom. The molecule has 0 saturated carbocycles. The van der Waals surface area contributed by atoms with Crippen LogP contribution in [0.2, 0.25) is 5.02 Å². The summed E-state index contributed by atoms with van der Waals surface area (Å²) in [5, 5.41) is 4.71. The fourth-order valence-electron chi connectivity index (χ4n) is 2.02. The first-order valence-electron chi connectivity index (χ1n) is 6.08. The Balaban J connectivity index is 2.33. The topological polar surface area (TPSA) is 70.1 Å². The summed E-state index contributed by atoms with van der Waals surface area (Å²) in [4.78, 5) is 12.4. The first-order valence-corrected chi connectivity index (χ1v) is 6.46. The molecular weight excluding hydrogens is 278 g/mol. The number of ether oxygens (including phenoxy) is 1. The molecule has 5 nitrogen and oxygen atoms in total. The number of methoxy groups -OCH3 is 1. The number of halogens is 1. The van der Waals surface area contributed by atoms with E-state index in [1.54, 1.807) is 44.0 Å². The van der Waals surface area contributed by atoms with Crippen molar-refractivity contribution >= 4 is 23.1 Å². The lowest BCUT2D eigenvalue weighted by atomic mass is 10.0. The van der Waals surface area contributed by atoms with Crippen LogP contribution >= 0.6 is 11.6 Å². The standard InChI is InChI=1S/C14H16ClN3O2/c1-8-14(15)12(18(2)17-8)7-13(19)10-6-9(20-3)4-5-11(10)16/h4-6H,7,16H2,1-3H3. The van der Waals surface area contributed by atoms with Crippen molar-refractivity contribution in [1.29, 1.82) is 0 Å². The molecule has 0 unspecified atom stereocenters. The van der Waals surface area contributed by atoms with E-state index in [0.29, 0.717) is 33.4 Å². The molecule has 0 saturated heterocycles. The Bertz CT molecular complexity index is 665. The van der Waals surface area contributed by atoms with Gasteiger partial charge in [-0.3, -0.25) is 9.48 Å². The van der Waals surface area contributed by atoms with Crippen molar-refractivity contribution in [2.24, 2.45) is 7.05 Å². The molecule has 0 aliphatic heterocycles. The number of aromatic nitrogens is 2. The van der Waals surface area contributed by atoms with Crippen molar-refractivity contribution < 1.29 is 9.53 Å². The average Bonchev–Trinajstić information content (AvgIpc) is 2.66. The van der Waals surface area contributed by atoms with Crippen LogP contribution in [0.4, 0.5) is 5.69 Å². The largest absolute Gasteiger partial charge is 0.497 e. The van der Waals surface area contributed by atoms with Crippen molar-refractivity contribution in [2.75, 3.05) is 12.8 Å². The van der Waals surface area contributed by atoms with Crippen LogP contribution in [-0.2, 0) is 13.5 Å². The summed E-state index contributed by atoms with van der Waals surface area (Å²) in [6.45, 7) is 1.80. The lowest BCUT2D eigenvalue weighted by molar-refractivity contribution is 0.0991. The molecule has 0 amide bonds. The van der Waals surface area contributed by atoms with Crippen LogP contribution < -0.4 is 10.5 Å². The molecule has 0 aliphatic rings. The fraction of sp³-hybridized carbons (Fsp3) is 0.286. The normalized spacial score (nSPS) is 10.6. The van der Waals surface area contributed by atoms with Gasteiger partial charge in [0.25, 0.3) is 0 Å². The molecule has 0 fully saturated rings. The van der Waals surface area contributed by atoms with E-state index >= 15 is 0 Å². The Hall–Kier alpha value is -2.01. The van der Waals surface area contributed by atoms with Gasteiger partial charge < -0.3 is 10.5 Å².